The molecule has 0 aromatic heterocycles. The molecule has 1 atom stereocenters. The fourth-order valence-corrected chi connectivity index (χ4v) is 2.98. The summed E-state index contributed by atoms with van der Waals surface area (Å²) in [5.41, 5.74) is 2.88. The molecule has 0 radical (unpaired) electrons. The van der Waals surface area contributed by atoms with Crippen LogP contribution >= 0.6 is 0 Å². The SMILES string of the molecule is O=Cc1ccc2c(c1)C(Cc1cc(F)c(F)cc1F)CC2. The van der Waals surface area contributed by atoms with Gasteiger partial charge >= 0.3 is 0 Å². The van der Waals surface area contributed by atoms with Gasteiger partial charge in [0.05, 0.1) is 0 Å². The molecule has 0 fully saturated rings. The third kappa shape index (κ3) is 2.58. The Morgan fingerprint density at radius 3 is 2.57 bits per heavy atom. The second-order valence-corrected chi connectivity index (χ2v) is 5.37. The van der Waals surface area contributed by atoms with Crippen molar-refractivity contribution in [3.05, 3.63) is 70.0 Å². The van der Waals surface area contributed by atoms with Crippen LogP contribution in [0.15, 0.2) is 30.3 Å². The summed E-state index contributed by atoms with van der Waals surface area (Å²) in [4.78, 5) is 10.9. The molecule has 21 heavy (non-hydrogen) atoms. The maximum atomic E-state index is 13.7. The molecule has 1 nitrogen and oxygen atoms in total. The van der Waals surface area contributed by atoms with Crippen molar-refractivity contribution in [1.29, 1.82) is 0 Å². The second-order valence-electron chi connectivity index (χ2n) is 5.37. The van der Waals surface area contributed by atoms with Gasteiger partial charge < -0.3 is 0 Å². The van der Waals surface area contributed by atoms with Crippen molar-refractivity contribution in [2.75, 3.05) is 0 Å². The largest absolute Gasteiger partial charge is 0.298 e. The van der Waals surface area contributed by atoms with Crippen LogP contribution < -0.4 is 0 Å². The molecule has 0 bridgehead atoms. The topological polar surface area (TPSA) is 17.1 Å². The monoisotopic (exact) mass is 290 g/mol. The molecule has 0 amide bonds. The fraction of sp³-hybridized carbons (Fsp3) is 0.235. The predicted molar refractivity (Wildman–Crippen MR) is 72.9 cm³/mol. The molecule has 108 valence electrons. The molecule has 1 aliphatic carbocycles. The second kappa shape index (κ2) is 5.35. The number of aryl methyl sites for hydroxylation is 1. The van der Waals surface area contributed by atoms with Crippen LogP contribution in [0.25, 0.3) is 0 Å². The maximum absolute atomic E-state index is 13.7. The average molecular weight is 290 g/mol. The number of benzene rings is 2. The summed E-state index contributed by atoms with van der Waals surface area (Å²) in [6.07, 6.45) is 2.74. The first-order valence-corrected chi connectivity index (χ1v) is 6.80. The van der Waals surface area contributed by atoms with Gasteiger partial charge in [-0.1, -0.05) is 12.1 Å². The highest BCUT2D eigenvalue weighted by atomic mass is 19.2. The first kappa shape index (κ1) is 13.9. The zero-order chi connectivity index (χ0) is 15.0. The molecule has 0 saturated heterocycles. The summed E-state index contributed by atoms with van der Waals surface area (Å²) < 4.78 is 40.0. The minimum Gasteiger partial charge on any atom is -0.298 e. The third-order valence-electron chi connectivity index (χ3n) is 4.06. The van der Waals surface area contributed by atoms with E-state index < -0.39 is 17.5 Å². The van der Waals surface area contributed by atoms with Crippen LogP contribution in [0.1, 0.15) is 39.4 Å². The van der Waals surface area contributed by atoms with Gasteiger partial charge in [0, 0.05) is 11.6 Å². The molecule has 3 rings (SSSR count). The summed E-state index contributed by atoms with van der Waals surface area (Å²) in [5.74, 6) is -2.91. The molecule has 1 unspecified atom stereocenters. The van der Waals surface area contributed by atoms with Crippen molar-refractivity contribution < 1.29 is 18.0 Å². The Labute approximate surface area is 120 Å². The molecule has 1 aliphatic rings. The number of rotatable bonds is 3. The van der Waals surface area contributed by atoms with E-state index in [0.717, 1.165) is 36.3 Å². The predicted octanol–water partition coefficient (Wildman–Crippen LogP) is 4.19. The molecule has 0 heterocycles. The van der Waals surface area contributed by atoms with E-state index in [-0.39, 0.29) is 11.5 Å². The van der Waals surface area contributed by atoms with Crippen molar-refractivity contribution >= 4 is 6.29 Å². The van der Waals surface area contributed by atoms with Gasteiger partial charge in [-0.15, -0.1) is 0 Å². The van der Waals surface area contributed by atoms with Crippen LogP contribution in [0, 0.1) is 17.5 Å². The first-order chi connectivity index (χ1) is 10.1. The minimum atomic E-state index is -1.17. The lowest BCUT2D eigenvalue weighted by Crippen LogP contribution is -2.03. The lowest BCUT2D eigenvalue weighted by Gasteiger charge is -2.13. The Hall–Kier alpha value is -2.10. The molecular formula is C17H13F3O. The molecule has 0 N–H and O–H groups in total. The van der Waals surface area contributed by atoms with Gasteiger partial charge in [-0.05, 0) is 54.0 Å². The molecule has 0 aliphatic heterocycles. The first-order valence-electron chi connectivity index (χ1n) is 6.80. The fourth-order valence-electron chi connectivity index (χ4n) is 2.98. The quantitative estimate of drug-likeness (QED) is 0.612. The third-order valence-corrected chi connectivity index (χ3v) is 4.06. The average Bonchev–Trinajstić information content (AvgIpc) is 2.87. The van der Waals surface area contributed by atoms with Gasteiger partial charge in [-0.3, -0.25) is 4.79 Å². The molecular weight excluding hydrogens is 277 g/mol. The van der Waals surface area contributed by atoms with E-state index in [4.69, 9.17) is 0 Å². The van der Waals surface area contributed by atoms with Crippen LogP contribution in [0.4, 0.5) is 13.2 Å². The number of halogens is 3. The van der Waals surface area contributed by atoms with Crippen molar-refractivity contribution in [3.8, 4) is 0 Å². The van der Waals surface area contributed by atoms with Crippen molar-refractivity contribution in [2.24, 2.45) is 0 Å². The summed E-state index contributed by atoms with van der Waals surface area (Å²) in [7, 11) is 0. The van der Waals surface area contributed by atoms with Crippen LogP contribution in [-0.4, -0.2) is 6.29 Å². The summed E-state index contributed by atoms with van der Waals surface area (Å²) in [6.45, 7) is 0. The highest BCUT2D eigenvalue weighted by Crippen LogP contribution is 2.36. The summed E-state index contributed by atoms with van der Waals surface area (Å²) in [5, 5.41) is 0. The Balaban J connectivity index is 1.92. The van der Waals surface area contributed by atoms with Crippen molar-refractivity contribution in [3.63, 3.8) is 0 Å². The number of fused-ring (bicyclic) bond motifs is 1. The van der Waals surface area contributed by atoms with E-state index in [1.165, 1.54) is 0 Å². The Bertz CT molecular complexity index is 709. The van der Waals surface area contributed by atoms with Gasteiger partial charge in [0.1, 0.15) is 12.1 Å². The molecule has 2 aromatic carbocycles. The Kier molecular flexibility index (Phi) is 3.53. The zero-order valence-corrected chi connectivity index (χ0v) is 11.2. The van der Waals surface area contributed by atoms with E-state index >= 15 is 0 Å². The van der Waals surface area contributed by atoms with Crippen molar-refractivity contribution in [2.45, 2.75) is 25.2 Å². The van der Waals surface area contributed by atoms with Crippen LogP contribution in [0.5, 0.6) is 0 Å². The van der Waals surface area contributed by atoms with Crippen molar-refractivity contribution in [1.82, 2.24) is 0 Å². The maximum Gasteiger partial charge on any atom is 0.161 e. The molecule has 0 spiro atoms. The van der Waals surface area contributed by atoms with Gasteiger partial charge in [0.25, 0.3) is 0 Å². The van der Waals surface area contributed by atoms with Gasteiger partial charge in [0.2, 0.25) is 0 Å². The van der Waals surface area contributed by atoms with Crippen LogP contribution in [0.3, 0.4) is 0 Å². The lowest BCUT2D eigenvalue weighted by molar-refractivity contribution is 0.112. The van der Waals surface area contributed by atoms with E-state index in [1.54, 1.807) is 12.1 Å². The number of hydrogen-bond donors (Lipinski definition) is 0. The van der Waals surface area contributed by atoms with Crippen LogP contribution in [-0.2, 0) is 12.8 Å². The highest BCUT2D eigenvalue weighted by Gasteiger charge is 2.24. The van der Waals surface area contributed by atoms with Gasteiger partial charge in [-0.2, -0.15) is 0 Å². The van der Waals surface area contributed by atoms with Crippen LogP contribution in [0.2, 0.25) is 0 Å². The molecule has 2 aromatic rings. The molecule has 4 heteroatoms. The number of carbonyl (C=O) groups is 1. The summed E-state index contributed by atoms with van der Waals surface area (Å²) >= 11 is 0. The van der Waals surface area contributed by atoms with E-state index in [0.29, 0.717) is 18.1 Å². The van der Waals surface area contributed by atoms with Gasteiger partial charge in [-0.25, -0.2) is 13.2 Å². The summed E-state index contributed by atoms with van der Waals surface area (Å²) in [6, 6.07) is 6.97. The highest BCUT2D eigenvalue weighted by molar-refractivity contribution is 5.75. The lowest BCUT2D eigenvalue weighted by atomic mass is 9.92. The Morgan fingerprint density at radius 1 is 1.05 bits per heavy atom. The van der Waals surface area contributed by atoms with E-state index in [9.17, 15) is 18.0 Å². The van der Waals surface area contributed by atoms with E-state index in [2.05, 4.69) is 0 Å². The minimum absolute atomic E-state index is 0.0271. The van der Waals surface area contributed by atoms with E-state index in [1.807, 2.05) is 6.07 Å². The number of carbonyl (C=O) groups excluding carboxylic acids is 1. The number of aldehydes is 1. The zero-order valence-electron chi connectivity index (χ0n) is 11.2. The standard InChI is InChI=1S/C17H13F3O/c18-15-8-17(20)16(19)7-13(15)6-12-4-3-11-2-1-10(9-21)5-14(11)12/h1-2,5,7-9,12H,3-4,6H2. The Morgan fingerprint density at radius 2 is 1.81 bits per heavy atom. The smallest absolute Gasteiger partial charge is 0.161 e. The number of hydrogen-bond acceptors (Lipinski definition) is 1. The van der Waals surface area contributed by atoms with Gasteiger partial charge in [0.15, 0.2) is 11.6 Å². The molecule has 0 saturated carbocycles. The normalized spacial score (nSPS) is 16.8.